The molecule has 19 heavy (non-hydrogen) atoms. The van der Waals surface area contributed by atoms with Crippen LogP contribution in [0.2, 0.25) is 0 Å². The highest BCUT2D eigenvalue weighted by Crippen LogP contribution is 2.18. The van der Waals surface area contributed by atoms with Crippen molar-refractivity contribution < 1.29 is 4.79 Å². The number of hydrogen-bond donors (Lipinski definition) is 2. The van der Waals surface area contributed by atoms with Crippen LogP contribution in [0, 0.1) is 5.92 Å². The lowest BCUT2D eigenvalue weighted by atomic mass is 9.96. The van der Waals surface area contributed by atoms with Crippen LogP contribution in [-0.4, -0.2) is 25.0 Å². The van der Waals surface area contributed by atoms with Crippen molar-refractivity contribution in [3.05, 3.63) is 0 Å². The molecule has 1 atom stereocenters. The van der Waals surface area contributed by atoms with Gasteiger partial charge < -0.3 is 10.6 Å². The predicted molar refractivity (Wildman–Crippen MR) is 81.7 cm³/mol. The Kier molecular flexibility index (Phi) is 8.47. The van der Waals surface area contributed by atoms with Gasteiger partial charge >= 0.3 is 0 Å². The first kappa shape index (κ1) is 16.8. The lowest BCUT2D eigenvalue weighted by Crippen LogP contribution is -2.35. The van der Waals surface area contributed by atoms with Gasteiger partial charge in [-0.2, -0.15) is 0 Å². The highest BCUT2D eigenvalue weighted by atomic mass is 35.5. The van der Waals surface area contributed by atoms with Crippen molar-refractivity contribution in [3.8, 4) is 0 Å². The zero-order valence-electron chi connectivity index (χ0n) is 12.0. The summed E-state index contributed by atoms with van der Waals surface area (Å²) in [6.45, 7) is 2.24. The summed E-state index contributed by atoms with van der Waals surface area (Å²) in [6, 6.07) is 0.458. The Morgan fingerprint density at radius 1 is 1.05 bits per heavy atom. The summed E-state index contributed by atoms with van der Waals surface area (Å²) in [5.41, 5.74) is 0. The number of carbonyl (C=O) groups excluding carboxylic acids is 1. The molecular formula is C15H29ClN2O. The summed E-state index contributed by atoms with van der Waals surface area (Å²) in [5.74, 6) is 1.01. The molecule has 1 heterocycles. The molecule has 0 spiro atoms. The first-order chi connectivity index (χ1) is 8.84. The van der Waals surface area contributed by atoms with Crippen molar-refractivity contribution in [2.45, 2.75) is 70.3 Å². The zero-order chi connectivity index (χ0) is 12.6. The fourth-order valence-electron chi connectivity index (χ4n) is 3.20. The second-order valence-electron chi connectivity index (χ2n) is 6.01. The summed E-state index contributed by atoms with van der Waals surface area (Å²) in [7, 11) is 0. The lowest BCUT2D eigenvalue weighted by Gasteiger charge is -2.21. The maximum Gasteiger partial charge on any atom is 0.220 e. The molecule has 2 N–H and O–H groups in total. The topological polar surface area (TPSA) is 41.1 Å². The minimum atomic E-state index is 0. The molecule has 0 aromatic heterocycles. The summed E-state index contributed by atoms with van der Waals surface area (Å²) >= 11 is 0. The summed E-state index contributed by atoms with van der Waals surface area (Å²) in [6.07, 6.45) is 12.1. The molecule has 1 unspecified atom stereocenters. The molecule has 1 saturated carbocycles. The van der Waals surface area contributed by atoms with Gasteiger partial charge in [0.1, 0.15) is 0 Å². The second-order valence-corrected chi connectivity index (χ2v) is 6.01. The molecule has 1 amide bonds. The van der Waals surface area contributed by atoms with E-state index in [9.17, 15) is 4.79 Å². The third kappa shape index (κ3) is 6.62. The van der Waals surface area contributed by atoms with Gasteiger partial charge in [0.25, 0.3) is 0 Å². The molecule has 0 aromatic rings. The standard InChI is InChI=1S/C15H28N2O.ClH/c18-15(9-8-13-10-11-16-12-13)17-14-6-4-2-1-3-5-7-14;/h13-14,16H,1-12H2,(H,17,18);1H. The van der Waals surface area contributed by atoms with Gasteiger partial charge in [-0.3, -0.25) is 4.79 Å². The van der Waals surface area contributed by atoms with E-state index in [4.69, 9.17) is 0 Å². The number of carbonyl (C=O) groups is 1. The fraction of sp³-hybridized carbons (Fsp3) is 0.933. The number of amides is 1. The molecule has 1 aliphatic carbocycles. The van der Waals surface area contributed by atoms with Gasteiger partial charge in [-0.1, -0.05) is 32.1 Å². The predicted octanol–water partition coefficient (Wildman–Crippen LogP) is 3.03. The van der Waals surface area contributed by atoms with Crippen molar-refractivity contribution in [1.82, 2.24) is 10.6 Å². The number of hydrogen-bond acceptors (Lipinski definition) is 2. The van der Waals surface area contributed by atoms with Gasteiger partial charge in [0.2, 0.25) is 5.91 Å². The molecule has 2 aliphatic rings. The summed E-state index contributed by atoms with van der Waals surface area (Å²) in [5, 5.41) is 6.61. The van der Waals surface area contributed by atoms with E-state index >= 15 is 0 Å². The normalized spacial score (nSPS) is 25.2. The average molecular weight is 289 g/mol. The molecular weight excluding hydrogens is 260 g/mol. The minimum absolute atomic E-state index is 0. The Hall–Kier alpha value is -0.280. The van der Waals surface area contributed by atoms with Gasteiger partial charge in [-0.25, -0.2) is 0 Å². The number of rotatable bonds is 4. The molecule has 3 nitrogen and oxygen atoms in total. The molecule has 0 radical (unpaired) electrons. The second kappa shape index (κ2) is 9.60. The van der Waals surface area contributed by atoms with Crippen molar-refractivity contribution in [3.63, 3.8) is 0 Å². The van der Waals surface area contributed by atoms with Crippen LogP contribution in [0.5, 0.6) is 0 Å². The number of nitrogens with one attached hydrogen (secondary N) is 2. The van der Waals surface area contributed by atoms with Crippen LogP contribution in [0.3, 0.4) is 0 Å². The van der Waals surface area contributed by atoms with Gasteiger partial charge in [-0.05, 0) is 44.7 Å². The van der Waals surface area contributed by atoms with Crippen molar-refractivity contribution in [2.75, 3.05) is 13.1 Å². The molecule has 2 fully saturated rings. The van der Waals surface area contributed by atoms with E-state index in [1.54, 1.807) is 0 Å². The van der Waals surface area contributed by atoms with Gasteiger partial charge in [0.05, 0.1) is 0 Å². The van der Waals surface area contributed by atoms with Crippen LogP contribution < -0.4 is 10.6 Å². The first-order valence-corrected chi connectivity index (χ1v) is 7.84. The maximum absolute atomic E-state index is 11.9. The van der Waals surface area contributed by atoms with E-state index in [-0.39, 0.29) is 18.3 Å². The van der Waals surface area contributed by atoms with Crippen LogP contribution in [0.25, 0.3) is 0 Å². The third-order valence-corrected chi connectivity index (χ3v) is 4.41. The molecule has 1 aliphatic heterocycles. The third-order valence-electron chi connectivity index (χ3n) is 4.41. The molecule has 0 bridgehead atoms. The SMILES string of the molecule is Cl.O=C(CCC1CCNC1)NC1CCCCCCC1. The highest BCUT2D eigenvalue weighted by molar-refractivity contribution is 5.85. The van der Waals surface area contributed by atoms with Crippen LogP contribution in [0.15, 0.2) is 0 Å². The molecule has 1 saturated heterocycles. The Labute approximate surface area is 123 Å². The zero-order valence-corrected chi connectivity index (χ0v) is 12.8. The van der Waals surface area contributed by atoms with E-state index in [0.717, 1.165) is 31.8 Å². The van der Waals surface area contributed by atoms with Gasteiger partial charge in [-0.15, -0.1) is 12.4 Å². The van der Waals surface area contributed by atoms with Crippen LogP contribution in [0.1, 0.15) is 64.2 Å². The number of halogens is 1. The lowest BCUT2D eigenvalue weighted by molar-refractivity contribution is -0.122. The monoisotopic (exact) mass is 288 g/mol. The summed E-state index contributed by atoms with van der Waals surface area (Å²) < 4.78 is 0. The Morgan fingerprint density at radius 2 is 1.74 bits per heavy atom. The fourth-order valence-corrected chi connectivity index (χ4v) is 3.20. The van der Waals surface area contributed by atoms with E-state index < -0.39 is 0 Å². The van der Waals surface area contributed by atoms with Gasteiger partial charge in [0, 0.05) is 12.5 Å². The summed E-state index contributed by atoms with van der Waals surface area (Å²) in [4.78, 5) is 11.9. The average Bonchev–Trinajstić information content (AvgIpc) is 2.83. The Morgan fingerprint density at radius 3 is 2.37 bits per heavy atom. The highest BCUT2D eigenvalue weighted by Gasteiger charge is 2.17. The quantitative estimate of drug-likeness (QED) is 0.835. The molecule has 0 aromatic carbocycles. The van der Waals surface area contributed by atoms with Crippen LogP contribution in [-0.2, 0) is 4.79 Å². The Balaban J connectivity index is 0.00000180. The van der Waals surface area contributed by atoms with E-state index in [0.29, 0.717) is 6.04 Å². The van der Waals surface area contributed by atoms with Crippen molar-refractivity contribution in [1.29, 1.82) is 0 Å². The van der Waals surface area contributed by atoms with Crippen molar-refractivity contribution >= 4 is 18.3 Å². The first-order valence-electron chi connectivity index (χ1n) is 7.84. The molecule has 2 rings (SSSR count). The van der Waals surface area contributed by atoms with E-state index in [2.05, 4.69) is 10.6 Å². The largest absolute Gasteiger partial charge is 0.353 e. The smallest absolute Gasteiger partial charge is 0.220 e. The maximum atomic E-state index is 11.9. The molecule has 112 valence electrons. The van der Waals surface area contributed by atoms with E-state index in [1.165, 1.54) is 51.4 Å². The van der Waals surface area contributed by atoms with Crippen molar-refractivity contribution in [2.24, 2.45) is 5.92 Å². The van der Waals surface area contributed by atoms with Crippen LogP contribution >= 0.6 is 12.4 Å². The van der Waals surface area contributed by atoms with Crippen LogP contribution in [0.4, 0.5) is 0 Å². The van der Waals surface area contributed by atoms with Gasteiger partial charge in [0.15, 0.2) is 0 Å². The van der Waals surface area contributed by atoms with E-state index in [1.807, 2.05) is 0 Å². The molecule has 4 heteroatoms. The minimum Gasteiger partial charge on any atom is -0.353 e. The Bertz CT molecular complexity index is 247.